The van der Waals surface area contributed by atoms with E-state index in [9.17, 15) is 4.79 Å². The fourth-order valence-corrected chi connectivity index (χ4v) is 1.82. The highest BCUT2D eigenvalue weighted by atomic mass is 16.5. The van der Waals surface area contributed by atoms with Crippen molar-refractivity contribution in [2.75, 3.05) is 25.2 Å². The van der Waals surface area contributed by atoms with Crippen LogP contribution in [0.4, 0.5) is 5.95 Å². The van der Waals surface area contributed by atoms with E-state index in [2.05, 4.69) is 14.9 Å². The Morgan fingerprint density at radius 1 is 1.61 bits per heavy atom. The van der Waals surface area contributed by atoms with Crippen molar-refractivity contribution >= 4 is 11.9 Å². The predicted molar refractivity (Wildman–Crippen MR) is 66.0 cm³/mol. The van der Waals surface area contributed by atoms with Gasteiger partial charge < -0.3 is 14.7 Å². The lowest BCUT2D eigenvalue weighted by atomic mass is 10.2. The zero-order chi connectivity index (χ0) is 13.1. The summed E-state index contributed by atoms with van der Waals surface area (Å²) >= 11 is 0. The van der Waals surface area contributed by atoms with Crippen LogP contribution in [0.1, 0.15) is 28.9 Å². The van der Waals surface area contributed by atoms with Crippen LogP contribution in [0.15, 0.2) is 6.20 Å². The third kappa shape index (κ3) is 2.76. The minimum absolute atomic E-state index is 0.154. The van der Waals surface area contributed by atoms with Crippen molar-refractivity contribution in [2.45, 2.75) is 25.8 Å². The number of methoxy groups -OCH3 is 1. The second-order valence-corrected chi connectivity index (χ2v) is 4.39. The molecular weight excluding hydrogens is 234 g/mol. The summed E-state index contributed by atoms with van der Waals surface area (Å²) in [7, 11) is 1.66. The summed E-state index contributed by atoms with van der Waals surface area (Å²) in [4.78, 5) is 21.4. The van der Waals surface area contributed by atoms with Crippen LogP contribution in [0.25, 0.3) is 0 Å². The van der Waals surface area contributed by atoms with Crippen molar-refractivity contribution in [3.63, 3.8) is 0 Å². The van der Waals surface area contributed by atoms with Crippen LogP contribution in [0.2, 0.25) is 0 Å². The van der Waals surface area contributed by atoms with E-state index in [1.165, 1.54) is 6.20 Å². The van der Waals surface area contributed by atoms with Gasteiger partial charge in [-0.15, -0.1) is 0 Å². The van der Waals surface area contributed by atoms with Gasteiger partial charge in [-0.1, -0.05) is 0 Å². The molecule has 18 heavy (non-hydrogen) atoms. The number of anilines is 1. The second kappa shape index (κ2) is 5.30. The average molecular weight is 251 g/mol. The summed E-state index contributed by atoms with van der Waals surface area (Å²) in [6.07, 6.45) is 3.64. The first-order chi connectivity index (χ1) is 8.63. The number of carboxylic acids is 1. The number of hydrogen-bond donors (Lipinski definition) is 1. The van der Waals surface area contributed by atoms with Crippen LogP contribution < -0.4 is 4.90 Å². The predicted octanol–water partition coefficient (Wildman–Crippen LogP) is 1.10. The Hall–Kier alpha value is -1.69. The molecule has 0 saturated heterocycles. The van der Waals surface area contributed by atoms with E-state index < -0.39 is 5.97 Å². The molecule has 0 aliphatic heterocycles. The average Bonchev–Trinajstić information content (AvgIpc) is 3.13. The van der Waals surface area contributed by atoms with Crippen LogP contribution >= 0.6 is 0 Å². The van der Waals surface area contributed by atoms with Crippen molar-refractivity contribution in [1.29, 1.82) is 0 Å². The molecule has 0 bridgehead atoms. The summed E-state index contributed by atoms with van der Waals surface area (Å²) in [6.45, 7) is 3.03. The quantitative estimate of drug-likeness (QED) is 0.816. The molecule has 0 amide bonds. The lowest BCUT2D eigenvalue weighted by molar-refractivity contribution is 0.0695. The zero-order valence-electron chi connectivity index (χ0n) is 10.6. The van der Waals surface area contributed by atoms with Crippen molar-refractivity contribution < 1.29 is 14.6 Å². The van der Waals surface area contributed by atoms with E-state index in [0.717, 1.165) is 19.4 Å². The standard InChI is InChI=1S/C12H17N3O3/c1-8-10(11(16)17)7-13-12(14-8)15(5-6-18-2)9-3-4-9/h7,9H,3-6H2,1-2H3,(H,16,17). The molecule has 0 aromatic carbocycles. The molecule has 0 radical (unpaired) electrons. The Labute approximate surface area is 106 Å². The van der Waals surface area contributed by atoms with E-state index in [0.29, 0.717) is 24.3 Å². The molecule has 1 saturated carbocycles. The molecule has 1 aliphatic carbocycles. The third-order valence-corrected chi connectivity index (χ3v) is 2.98. The number of aryl methyl sites for hydroxylation is 1. The third-order valence-electron chi connectivity index (χ3n) is 2.98. The zero-order valence-corrected chi connectivity index (χ0v) is 10.6. The molecule has 0 atom stereocenters. The van der Waals surface area contributed by atoms with Crippen molar-refractivity contribution in [3.8, 4) is 0 Å². The highest BCUT2D eigenvalue weighted by molar-refractivity contribution is 5.88. The van der Waals surface area contributed by atoms with Gasteiger partial charge in [0.25, 0.3) is 0 Å². The van der Waals surface area contributed by atoms with Gasteiger partial charge in [0.15, 0.2) is 0 Å². The molecule has 2 rings (SSSR count). The molecule has 0 spiro atoms. The topological polar surface area (TPSA) is 75.5 Å². The highest BCUT2D eigenvalue weighted by Crippen LogP contribution is 2.29. The van der Waals surface area contributed by atoms with Gasteiger partial charge in [0.1, 0.15) is 0 Å². The van der Waals surface area contributed by atoms with Crippen molar-refractivity contribution in [2.24, 2.45) is 0 Å². The number of aromatic nitrogens is 2. The lowest BCUT2D eigenvalue weighted by Crippen LogP contribution is -2.31. The molecule has 6 heteroatoms. The summed E-state index contributed by atoms with van der Waals surface area (Å²) in [5.74, 6) is -0.397. The summed E-state index contributed by atoms with van der Waals surface area (Å²) < 4.78 is 5.07. The van der Waals surface area contributed by atoms with Gasteiger partial charge in [-0.2, -0.15) is 0 Å². The highest BCUT2D eigenvalue weighted by Gasteiger charge is 2.30. The molecule has 0 unspecified atom stereocenters. The number of carboxylic acid groups (broad SMARTS) is 1. The summed E-state index contributed by atoms with van der Waals surface area (Å²) in [5, 5.41) is 8.94. The van der Waals surface area contributed by atoms with Crippen LogP contribution in [0.3, 0.4) is 0 Å². The lowest BCUT2D eigenvalue weighted by Gasteiger charge is -2.22. The molecule has 1 aromatic heterocycles. The molecule has 6 nitrogen and oxygen atoms in total. The van der Waals surface area contributed by atoms with E-state index >= 15 is 0 Å². The van der Waals surface area contributed by atoms with E-state index in [-0.39, 0.29) is 5.56 Å². The Balaban J connectivity index is 2.19. The minimum Gasteiger partial charge on any atom is -0.478 e. The number of rotatable bonds is 6. The summed E-state index contributed by atoms with van der Waals surface area (Å²) in [5.41, 5.74) is 0.650. The number of carbonyl (C=O) groups is 1. The molecule has 1 aliphatic rings. The fourth-order valence-electron chi connectivity index (χ4n) is 1.82. The van der Waals surface area contributed by atoms with Crippen molar-refractivity contribution in [1.82, 2.24) is 9.97 Å². The first kappa shape index (κ1) is 12.8. The van der Waals surface area contributed by atoms with Gasteiger partial charge in [-0.05, 0) is 19.8 Å². The molecule has 98 valence electrons. The maximum absolute atomic E-state index is 10.9. The van der Waals surface area contributed by atoms with Crippen LogP contribution in [0.5, 0.6) is 0 Å². The van der Waals surface area contributed by atoms with Gasteiger partial charge in [-0.3, -0.25) is 0 Å². The largest absolute Gasteiger partial charge is 0.478 e. The number of aromatic carboxylic acids is 1. The van der Waals surface area contributed by atoms with Crippen LogP contribution in [-0.4, -0.2) is 47.3 Å². The van der Waals surface area contributed by atoms with Gasteiger partial charge in [0, 0.05) is 25.9 Å². The molecule has 1 fully saturated rings. The molecule has 1 N–H and O–H groups in total. The number of hydrogen-bond acceptors (Lipinski definition) is 5. The van der Waals surface area contributed by atoms with Gasteiger partial charge >= 0.3 is 5.97 Å². The number of nitrogens with zero attached hydrogens (tertiary/aromatic N) is 3. The van der Waals surface area contributed by atoms with Gasteiger partial charge in [-0.25, -0.2) is 14.8 Å². The van der Waals surface area contributed by atoms with Crippen LogP contribution in [0, 0.1) is 6.92 Å². The normalized spacial score (nSPS) is 14.6. The number of ether oxygens (including phenoxy) is 1. The Morgan fingerprint density at radius 2 is 2.33 bits per heavy atom. The van der Waals surface area contributed by atoms with Gasteiger partial charge in [0.2, 0.25) is 5.95 Å². The first-order valence-corrected chi connectivity index (χ1v) is 5.96. The van der Waals surface area contributed by atoms with E-state index in [1.807, 2.05) is 0 Å². The summed E-state index contributed by atoms with van der Waals surface area (Å²) in [6, 6.07) is 0.468. The Kier molecular flexibility index (Phi) is 3.76. The molecular formula is C12H17N3O3. The van der Waals surface area contributed by atoms with Crippen molar-refractivity contribution in [3.05, 3.63) is 17.5 Å². The molecule has 1 heterocycles. The molecule has 1 aromatic rings. The Morgan fingerprint density at radius 3 is 2.83 bits per heavy atom. The smallest absolute Gasteiger partial charge is 0.339 e. The van der Waals surface area contributed by atoms with Crippen LogP contribution in [-0.2, 0) is 4.74 Å². The maximum Gasteiger partial charge on any atom is 0.339 e. The Bertz CT molecular complexity index is 446. The maximum atomic E-state index is 10.9. The fraction of sp³-hybridized carbons (Fsp3) is 0.583. The van der Waals surface area contributed by atoms with E-state index in [4.69, 9.17) is 9.84 Å². The minimum atomic E-state index is -0.992. The SMILES string of the molecule is COCCN(c1ncc(C(=O)O)c(C)n1)C1CC1. The second-order valence-electron chi connectivity index (χ2n) is 4.39. The first-order valence-electron chi connectivity index (χ1n) is 5.96. The van der Waals surface area contributed by atoms with E-state index in [1.54, 1.807) is 14.0 Å². The monoisotopic (exact) mass is 251 g/mol. The van der Waals surface area contributed by atoms with Gasteiger partial charge in [0.05, 0.1) is 17.9 Å².